The first kappa shape index (κ1) is 11.2. The van der Waals surface area contributed by atoms with Crippen LogP contribution in [0.3, 0.4) is 0 Å². The van der Waals surface area contributed by atoms with Gasteiger partial charge in [0, 0.05) is 12.5 Å². The Hall–Kier alpha value is -0.770. The zero-order valence-electron chi connectivity index (χ0n) is 7.09. The van der Waals surface area contributed by atoms with Crippen molar-refractivity contribution in [1.82, 2.24) is 5.32 Å². The molecule has 1 N–H and O–H groups in total. The third-order valence-electron chi connectivity index (χ3n) is 1.23. The van der Waals surface area contributed by atoms with Crippen LogP contribution in [-0.2, 0) is 9.53 Å². The topological polar surface area (TPSA) is 55.4 Å². The van der Waals surface area contributed by atoms with Crippen molar-refractivity contribution in [3.05, 3.63) is 0 Å². The first-order chi connectivity index (χ1) is 5.60. The second-order valence-corrected chi connectivity index (χ2v) is 2.68. The van der Waals surface area contributed by atoms with Crippen LogP contribution in [0, 0.1) is 0 Å². The number of hydrogen-bond donors (Lipinski definition) is 1. The van der Waals surface area contributed by atoms with Gasteiger partial charge >= 0.3 is 6.09 Å². The van der Waals surface area contributed by atoms with E-state index in [1.54, 1.807) is 6.92 Å². The van der Waals surface area contributed by atoms with Gasteiger partial charge in [0.1, 0.15) is 5.78 Å². The number of rotatable bonds is 4. The molecule has 0 saturated heterocycles. The summed E-state index contributed by atoms with van der Waals surface area (Å²) >= 11 is 5.27. The molecule has 0 aromatic carbocycles. The molecule has 12 heavy (non-hydrogen) atoms. The number of amides is 1. The van der Waals surface area contributed by atoms with E-state index >= 15 is 0 Å². The molecule has 0 rings (SSSR count). The van der Waals surface area contributed by atoms with Crippen LogP contribution >= 0.6 is 11.6 Å². The lowest BCUT2D eigenvalue weighted by Gasteiger charge is -2.10. The molecule has 1 amide bonds. The van der Waals surface area contributed by atoms with Crippen LogP contribution in [0.15, 0.2) is 0 Å². The van der Waals surface area contributed by atoms with Gasteiger partial charge in [0.15, 0.2) is 0 Å². The van der Waals surface area contributed by atoms with Gasteiger partial charge in [-0.1, -0.05) is 0 Å². The van der Waals surface area contributed by atoms with Crippen molar-refractivity contribution >= 4 is 23.5 Å². The highest BCUT2D eigenvalue weighted by atomic mass is 35.5. The fraction of sp³-hybridized carbons (Fsp3) is 0.714. The number of halogens is 1. The van der Waals surface area contributed by atoms with E-state index in [0.29, 0.717) is 0 Å². The molecule has 0 aromatic heterocycles. The highest BCUT2D eigenvalue weighted by Crippen LogP contribution is 1.94. The maximum Gasteiger partial charge on any atom is 0.407 e. The van der Waals surface area contributed by atoms with Gasteiger partial charge in [-0.05, 0) is 6.92 Å². The van der Waals surface area contributed by atoms with Crippen LogP contribution in [0.25, 0.3) is 0 Å². The summed E-state index contributed by atoms with van der Waals surface area (Å²) in [5, 5.41) is 2.45. The number of alkyl halides is 1. The summed E-state index contributed by atoms with van der Waals surface area (Å²) in [5.74, 6) is -0.117. The Morgan fingerprint density at radius 2 is 2.17 bits per heavy atom. The quantitative estimate of drug-likeness (QED) is 0.676. The van der Waals surface area contributed by atoms with E-state index in [1.165, 1.54) is 7.11 Å². The van der Waals surface area contributed by atoms with Gasteiger partial charge < -0.3 is 10.1 Å². The van der Waals surface area contributed by atoms with Gasteiger partial charge in [0.2, 0.25) is 0 Å². The standard InChI is InChI=1S/C7H12ClNO3/c1-5(3-6(10)4-8)9-7(11)12-2/h5H,3-4H2,1-2H3,(H,9,11). The molecular weight excluding hydrogens is 182 g/mol. The van der Waals surface area contributed by atoms with Gasteiger partial charge in [0.05, 0.1) is 13.0 Å². The van der Waals surface area contributed by atoms with E-state index in [0.717, 1.165) is 0 Å². The smallest absolute Gasteiger partial charge is 0.407 e. The van der Waals surface area contributed by atoms with E-state index in [4.69, 9.17) is 11.6 Å². The molecule has 0 aliphatic carbocycles. The van der Waals surface area contributed by atoms with Crippen molar-refractivity contribution in [3.63, 3.8) is 0 Å². The van der Waals surface area contributed by atoms with Crippen LogP contribution in [0.4, 0.5) is 4.79 Å². The van der Waals surface area contributed by atoms with Crippen LogP contribution in [0.1, 0.15) is 13.3 Å². The largest absolute Gasteiger partial charge is 0.453 e. The molecule has 0 fully saturated rings. The van der Waals surface area contributed by atoms with E-state index in [2.05, 4.69) is 10.1 Å². The summed E-state index contributed by atoms with van der Waals surface area (Å²) in [7, 11) is 1.27. The summed E-state index contributed by atoms with van der Waals surface area (Å²) in [6, 6.07) is -0.233. The lowest BCUT2D eigenvalue weighted by Crippen LogP contribution is -2.34. The third kappa shape index (κ3) is 4.96. The Morgan fingerprint density at radius 1 is 1.58 bits per heavy atom. The fourth-order valence-electron chi connectivity index (χ4n) is 0.707. The fourth-order valence-corrected chi connectivity index (χ4v) is 0.816. The first-order valence-electron chi connectivity index (χ1n) is 3.52. The second kappa shape index (κ2) is 5.83. The van der Waals surface area contributed by atoms with E-state index in [1.807, 2.05) is 0 Å². The zero-order chi connectivity index (χ0) is 9.56. The Balaban J connectivity index is 3.66. The zero-order valence-corrected chi connectivity index (χ0v) is 7.85. The van der Waals surface area contributed by atoms with Crippen molar-refractivity contribution in [2.24, 2.45) is 0 Å². The molecule has 5 heteroatoms. The molecule has 0 aliphatic heterocycles. The average molecular weight is 194 g/mol. The molecule has 70 valence electrons. The van der Waals surface area contributed by atoms with Gasteiger partial charge in [-0.3, -0.25) is 4.79 Å². The van der Waals surface area contributed by atoms with E-state index in [9.17, 15) is 9.59 Å². The third-order valence-corrected chi connectivity index (χ3v) is 1.53. The monoisotopic (exact) mass is 193 g/mol. The maximum atomic E-state index is 10.8. The molecule has 0 radical (unpaired) electrons. The number of Topliss-reactive ketones (excluding diaryl/α,β-unsaturated/α-hetero) is 1. The molecule has 1 unspecified atom stereocenters. The molecule has 0 bridgehead atoms. The average Bonchev–Trinajstić information content (AvgIpc) is 2.03. The minimum Gasteiger partial charge on any atom is -0.453 e. The Kier molecular flexibility index (Phi) is 5.45. The van der Waals surface area contributed by atoms with Crippen molar-refractivity contribution < 1.29 is 14.3 Å². The Labute approximate surface area is 76.2 Å². The minimum absolute atomic E-state index is 0.0206. The van der Waals surface area contributed by atoms with Gasteiger partial charge in [-0.15, -0.1) is 11.6 Å². The highest BCUT2D eigenvalue weighted by Gasteiger charge is 2.10. The maximum absolute atomic E-state index is 10.8. The van der Waals surface area contributed by atoms with Crippen molar-refractivity contribution in [2.45, 2.75) is 19.4 Å². The van der Waals surface area contributed by atoms with Crippen LogP contribution < -0.4 is 5.32 Å². The van der Waals surface area contributed by atoms with Crippen LogP contribution in [0.5, 0.6) is 0 Å². The number of carbonyl (C=O) groups is 2. The van der Waals surface area contributed by atoms with Crippen LogP contribution in [-0.4, -0.2) is 30.9 Å². The molecule has 0 saturated carbocycles. The van der Waals surface area contributed by atoms with E-state index in [-0.39, 0.29) is 24.1 Å². The molecule has 0 spiro atoms. The number of ether oxygens (including phenoxy) is 1. The van der Waals surface area contributed by atoms with Gasteiger partial charge in [0.25, 0.3) is 0 Å². The molecule has 0 heterocycles. The summed E-state index contributed by atoms with van der Waals surface area (Å²) in [6.45, 7) is 1.71. The molecule has 1 atom stereocenters. The number of methoxy groups -OCH3 is 1. The number of nitrogens with one attached hydrogen (secondary N) is 1. The lowest BCUT2D eigenvalue weighted by molar-refractivity contribution is -0.117. The van der Waals surface area contributed by atoms with Crippen molar-refractivity contribution in [3.8, 4) is 0 Å². The second-order valence-electron chi connectivity index (χ2n) is 2.41. The van der Waals surface area contributed by atoms with Crippen molar-refractivity contribution in [2.75, 3.05) is 13.0 Å². The Morgan fingerprint density at radius 3 is 2.58 bits per heavy atom. The van der Waals surface area contributed by atoms with Crippen LogP contribution in [0.2, 0.25) is 0 Å². The Bertz CT molecular complexity index is 154. The first-order valence-corrected chi connectivity index (χ1v) is 4.05. The van der Waals surface area contributed by atoms with Gasteiger partial charge in [-0.25, -0.2) is 4.79 Å². The number of carbonyl (C=O) groups excluding carboxylic acids is 2. The summed E-state index contributed by atoms with van der Waals surface area (Å²) in [6.07, 6.45) is -0.302. The molecular formula is C7H12ClNO3. The number of ketones is 1. The molecule has 0 aromatic rings. The summed E-state index contributed by atoms with van der Waals surface area (Å²) in [5.41, 5.74) is 0. The van der Waals surface area contributed by atoms with Gasteiger partial charge in [-0.2, -0.15) is 0 Å². The number of hydrogen-bond acceptors (Lipinski definition) is 3. The van der Waals surface area contributed by atoms with Crippen molar-refractivity contribution in [1.29, 1.82) is 0 Å². The lowest BCUT2D eigenvalue weighted by atomic mass is 10.2. The predicted octanol–water partition coefficient (Wildman–Crippen LogP) is 0.929. The minimum atomic E-state index is -0.537. The highest BCUT2D eigenvalue weighted by molar-refractivity contribution is 6.27. The summed E-state index contributed by atoms with van der Waals surface area (Å²) in [4.78, 5) is 21.4. The van der Waals surface area contributed by atoms with E-state index < -0.39 is 6.09 Å². The summed E-state index contributed by atoms with van der Waals surface area (Å²) < 4.78 is 4.34. The SMILES string of the molecule is COC(=O)NC(C)CC(=O)CCl. The number of alkyl carbamates (subject to hydrolysis) is 1. The predicted molar refractivity (Wildman–Crippen MR) is 45.3 cm³/mol. The normalized spacial score (nSPS) is 11.9. The molecule has 4 nitrogen and oxygen atoms in total. The molecule has 0 aliphatic rings.